The molecule has 0 amide bonds. The Morgan fingerprint density at radius 1 is 0.913 bits per heavy atom. The number of halogens is 3. The molecule has 3 heteroatoms. The lowest BCUT2D eigenvalue weighted by Gasteiger charge is -2.00. The van der Waals surface area contributed by atoms with Crippen molar-refractivity contribution in [2.24, 2.45) is 0 Å². The zero-order valence-corrected chi connectivity index (χ0v) is 13.5. The Morgan fingerprint density at radius 3 is 2.09 bits per heavy atom. The molecule has 116 valence electrons. The molecular formula is C20H15ClF2. The minimum Gasteiger partial charge on any atom is -0.205 e. The lowest BCUT2D eigenvalue weighted by Crippen LogP contribution is -1.92. The fraction of sp³-hybridized carbons (Fsp3) is 0.200. The summed E-state index contributed by atoms with van der Waals surface area (Å²) in [7, 11) is 0. The molecule has 23 heavy (non-hydrogen) atoms. The second-order valence-corrected chi connectivity index (χ2v) is 5.27. The average Bonchev–Trinajstić information content (AvgIpc) is 2.55. The van der Waals surface area contributed by atoms with Crippen molar-refractivity contribution in [3.05, 3.63) is 70.3 Å². The van der Waals surface area contributed by atoms with Crippen LogP contribution in [0.25, 0.3) is 0 Å². The van der Waals surface area contributed by atoms with Gasteiger partial charge in [-0.15, -0.1) is 0 Å². The second kappa shape index (κ2) is 8.37. The highest BCUT2D eigenvalue weighted by Crippen LogP contribution is 2.14. The third-order valence-corrected chi connectivity index (χ3v) is 3.43. The summed E-state index contributed by atoms with van der Waals surface area (Å²) in [5.74, 6) is 6.32. The van der Waals surface area contributed by atoms with Gasteiger partial charge >= 0.3 is 0 Å². The molecule has 0 saturated carbocycles. The number of hydrogen-bond acceptors (Lipinski definition) is 0. The van der Waals surface area contributed by atoms with Crippen LogP contribution in [0.1, 0.15) is 42.0 Å². The summed E-state index contributed by atoms with van der Waals surface area (Å²) in [6, 6.07) is 10.2. The Hall–Kier alpha value is -2.29. The van der Waals surface area contributed by atoms with E-state index >= 15 is 0 Å². The summed E-state index contributed by atoms with van der Waals surface area (Å²) in [5.41, 5.74) is 1.98. The van der Waals surface area contributed by atoms with Gasteiger partial charge in [-0.05, 0) is 60.2 Å². The molecular weight excluding hydrogens is 314 g/mol. The summed E-state index contributed by atoms with van der Waals surface area (Å²) in [6.45, 7) is 2.15. The third kappa shape index (κ3) is 4.85. The van der Waals surface area contributed by atoms with Gasteiger partial charge < -0.3 is 0 Å². The van der Waals surface area contributed by atoms with Gasteiger partial charge in [-0.25, -0.2) is 8.78 Å². The van der Waals surface area contributed by atoms with Gasteiger partial charge in [0.05, 0.1) is 5.56 Å². The number of aryl methyl sites for hydroxylation is 1. The van der Waals surface area contributed by atoms with Gasteiger partial charge in [0.15, 0.2) is 0 Å². The van der Waals surface area contributed by atoms with Gasteiger partial charge in [-0.1, -0.05) is 37.3 Å². The maximum Gasteiger partial charge on any atom is 0.143 e. The fourth-order valence-electron chi connectivity index (χ4n) is 2.09. The third-order valence-electron chi connectivity index (χ3n) is 3.34. The smallest absolute Gasteiger partial charge is 0.143 e. The van der Waals surface area contributed by atoms with E-state index in [9.17, 15) is 8.78 Å². The first kappa shape index (κ1) is 17.1. The van der Waals surface area contributed by atoms with Crippen molar-refractivity contribution in [3.8, 4) is 23.1 Å². The highest BCUT2D eigenvalue weighted by atomic mass is 35.5. The molecule has 2 aromatic carbocycles. The molecule has 0 bridgehead atoms. The molecule has 2 aromatic rings. The van der Waals surface area contributed by atoms with E-state index in [1.807, 2.05) is 29.6 Å². The number of hydrogen-bond donors (Lipinski definition) is 0. The predicted molar refractivity (Wildman–Crippen MR) is 90.1 cm³/mol. The fourth-order valence-corrected chi connectivity index (χ4v) is 2.19. The van der Waals surface area contributed by atoms with Crippen molar-refractivity contribution < 1.29 is 8.78 Å². The first-order valence-electron chi connectivity index (χ1n) is 7.35. The Bertz CT molecular complexity index is 777. The normalized spacial score (nSPS) is 9.57. The number of rotatable bonds is 3. The van der Waals surface area contributed by atoms with Crippen molar-refractivity contribution in [1.82, 2.24) is 0 Å². The molecule has 0 aromatic heterocycles. The van der Waals surface area contributed by atoms with Crippen LogP contribution < -0.4 is 0 Å². The van der Waals surface area contributed by atoms with Crippen LogP contribution in [0.4, 0.5) is 8.78 Å². The maximum atomic E-state index is 13.7. The Balaban J connectivity index is 2.19. The summed E-state index contributed by atoms with van der Waals surface area (Å²) in [5, 5.41) is 1.97. The van der Waals surface area contributed by atoms with Gasteiger partial charge in [0, 0.05) is 16.5 Å². The summed E-state index contributed by atoms with van der Waals surface area (Å²) in [6.07, 6.45) is 3.35. The van der Waals surface area contributed by atoms with Crippen LogP contribution >= 0.6 is 11.6 Å². The minimum absolute atomic E-state index is 0.259. The molecule has 2 rings (SSSR count). The summed E-state index contributed by atoms with van der Waals surface area (Å²) >= 11 is 5.18. The highest BCUT2D eigenvalue weighted by molar-refractivity contribution is 6.30. The molecule has 0 nitrogen and oxygen atoms in total. The van der Waals surface area contributed by atoms with E-state index in [2.05, 4.69) is 24.7 Å². The average molecular weight is 329 g/mol. The van der Waals surface area contributed by atoms with E-state index in [-0.39, 0.29) is 11.1 Å². The van der Waals surface area contributed by atoms with E-state index < -0.39 is 11.6 Å². The monoisotopic (exact) mass is 328 g/mol. The van der Waals surface area contributed by atoms with Crippen molar-refractivity contribution in [1.29, 1.82) is 0 Å². The van der Waals surface area contributed by atoms with E-state index in [1.54, 1.807) is 0 Å². The standard InChI is InChI=1S/C20H15ClF2/c1-2-3-4-15-5-7-16(8-6-15)9-10-17-13-19(22)18(11-12-21)20(23)14-17/h5-8,13-14H,2-4H2,1H3. The molecule has 0 fully saturated rings. The number of benzene rings is 2. The molecule has 0 atom stereocenters. The first-order valence-corrected chi connectivity index (χ1v) is 7.73. The van der Waals surface area contributed by atoms with Crippen LogP contribution in [0, 0.1) is 34.8 Å². The van der Waals surface area contributed by atoms with E-state index in [4.69, 9.17) is 11.6 Å². The van der Waals surface area contributed by atoms with Gasteiger partial charge in [0.2, 0.25) is 0 Å². The van der Waals surface area contributed by atoms with Crippen molar-refractivity contribution in [2.75, 3.05) is 0 Å². The molecule has 0 aliphatic heterocycles. The Labute approximate surface area is 140 Å². The van der Waals surface area contributed by atoms with Crippen LogP contribution in [-0.4, -0.2) is 0 Å². The van der Waals surface area contributed by atoms with E-state index in [1.165, 1.54) is 5.56 Å². The van der Waals surface area contributed by atoms with E-state index in [0.29, 0.717) is 0 Å². The van der Waals surface area contributed by atoms with Crippen LogP contribution in [0.5, 0.6) is 0 Å². The molecule has 0 unspecified atom stereocenters. The molecule has 0 radical (unpaired) electrons. The summed E-state index contributed by atoms with van der Waals surface area (Å²) < 4.78 is 27.5. The van der Waals surface area contributed by atoms with Crippen LogP contribution in [0.15, 0.2) is 36.4 Å². The van der Waals surface area contributed by atoms with Gasteiger partial charge in [0.25, 0.3) is 0 Å². The maximum absolute atomic E-state index is 13.7. The molecule has 0 saturated heterocycles. The zero-order valence-electron chi connectivity index (χ0n) is 12.7. The Morgan fingerprint density at radius 2 is 1.52 bits per heavy atom. The predicted octanol–water partition coefficient (Wildman–Crippen LogP) is 5.26. The molecule has 0 N–H and O–H groups in total. The molecule has 0 aliphatic rings. The van der Waals surface area contributed by atoms with E-state index in [0.717, 1.165) is 37.0 Å². The summed E-state index contributed by atoms with van der Waals surface area (Å²) in [4.78, 5) is 0. The van der Waals surface area contributed by atoms with Gasteiger partial charge in [-0.3, -0.25) is 0 Å². The van der Waals surface area contributed by atoms with Crippen molar-refractivity contribution in [3.63, 3.8) is 0 Å². The second-order valence-electron chi connectivity index (χ2n) is 5.08. The lowest BCUT2D eigenvalue weighted by atomic mass is 10.1. The van der Waals surface area contributed by atoms with Crippen molar-refractivity contribution in [2.45, 2.75) is 26.2 Å². The number of unbranched alkanes of at least 4 members (excludes halogenated alkanes) is 1. The SMILES string of the molecule is CCCCc1ccc(C#Cc2cc(F)c(C#CCl)c(F)c2)cc1. The van der Waals surface area contributed by atoms with Gasteiger partial charge in [0.1, 0.15) is 11.6 Å². The van der Waals surface area contributed by atoms with Gasteiger partial charge in [-0.2, -0.15) is 0 Å². The Kier molecular flexibility index (Phi) is 6.21. The molecule has 0 heterocycles. The van der Waals surface area contributed by atoms with Crippen LogP contribution in [0.2, 0.25) is 0 Å². The van der Waals surface area contributed by atoms with Crippen molar-refractivity contribution >= 4 is 11.6 Å². The first-order chi connectivity index (χ1) is 11.1. The zero-order chi connectivity index (χ0) is 16.7. The topological polar surface area (TPSA) is 0 Å². The largest absolute Gasteiger partial charge is 0.205 e. The highest BCUT2D eigenvalue weighted by Gasteiger charge is 2.08. The minimum atomic E-state index is -0.766. The van der Waals surface area contributed by atoms with Crippen LogP contribution in [0.3, 0.4) is 0 Å². The lowest BCUT2D eigenvalue weighted by molar-refractivity contribution is 0.577. The van der Waals surface area contributed by atoms with Crippen LogP contribution in [-0.2, 0) is 6.42 Å². The molecule has 0 aliphatic carbocycles. The molecule has 0 spiro atoms. The quantitative estimate of drug-likeness (QED) is 0.675.